The molecule has 0 radical (unpaired) electrons. The van der Waals surface area contributed by atoms with E-state index < -0.39 is 0 Å². The fourth-order valence-electron chi connectivity index (χ4n) is 1.28. The van der Waals surface area contributed by atoms with Crippen LogP contribution in [0.25, 0.3) is 0 Å². The summed E-state index contributed by atoms with van der Waals surface area (Å²) in [4.78, 5) is 8.16. The molecule has 2 aromatic rings. The number of hydrogen-bond acceptors (Lipinski definition) is 4. The zero-order chi connectivity index (χ0) is 12.3. The maximum absolute atomic E-state index is 5.92. The summed E-state index contributed by atoms with van der Waals surface area (Å²) in [6, 6.07) is 7.41. The van der Waals surface area contributed by atoms with Gasteiger partial charge >= 0.3 is 0 Å². The molecular formula is C11H10BrClN4. The van der Waals surface area contributed by atoms with E-state index in [2.05, 4.69) is 36.5 Å². The average Bonchev–Trinajstić information content (AvgIpc) is 2.34. The summed E-state index contributed by atoms with van der Waals surface area (Å²) in [6.07, 6.45) is 1.50. The first kappa shape index (κ1) is 12.1. The molecule has 0 spiro atoms. The molecule has 4 nitrogen and oxygen atoms in total. The molecule has 1 heterocycles. The summed E-state index contributed by atoms with van der Waals surface area (Å²) in [6.45, 7) is 0. The average molecular weight is 314 g/mol. The van der Waals surface area contributed by atoms with Gasteiger partial charge < -0.3 is 10.6 Å². The van der Waals surface area contributed by atoms with Crippen LogP contribution in [-0.4, -0.2) is 17.0 Å². The van der Waals surface area contributed by atoms with Gasteiger partial charge in [-0.2, -0.15) is 0 Å². The van der Waals surface area contributed by atoms with Crippen molar-refractivity contribution in [2.45, 2.75) is 0 Å². The number of nitrogens with zero attached hydrogens (tertiary/aromatic N) is 2. The van der Waals surface area contributed by atoms with Gasteiger partial charge in [-0.15, -0.1) is 0 Å². The fourth-order valence-corrected chi connectivity index (χ4v) is 1.78. The second-order valence-corrected chi connectivity index (χ2v) is 4.55. The SMILES string of the molecule is CNc1cc(Nc2ccc(Cl)c(Br)c2)ncn1. The molecule has 0 aliphatic rings. The Morgan fingerprint density at radius 3 is 2.65 bits per heavy atom. The van der Waals surface area contributed by atoms with Crippen LogP contribution in [0, 0.1) is 0 Å². The van der Waals surface area contributed by atoms with Gasteiger partial charge in [0.05, 0.1) is 5.02 Å². The Hall–Kier alpha value is -1.33. The van der Waals surface area contributed by atoms with E-state index in [1.165, 1.54) is 6.33 Å². The van der Waals surface area contributed by atoms with Crippen molar-refractivity contribution in [1.29, 1.82) is 0 Å². The molecule has 17 heavy (non-hydrogen) atoms. The number of anilines is 3. The van der Waals surface area contributed by atoms with E-state index in [9.17, 15) is 0 Å². The fraction of sp³-hybridized carbons (Fsp3) is 0.0909. The molecule has 1 aromatic heterocycles. The van der Waals surface area contributed by atoms with Gasteiger partial charge in [0.1, 0.15) is 18.0 Å². The second-order valence-electron chi connectivity index (χ2n) is 3.29. The molecule has 0 bridgehead atoms. The maximum atomic E-state index is 5.92. The Labute approximate surface area is 113 Å². The van der Waals surface area contributed by atoms with E-state index in [0.717, 1.165) is 21.8 Å². The number of rotatable bonds is 3. The smallest absolute Gasteiger partial charge is 0.135 e. The standard InChI is InChI=1S/C11H10BrClN4/c1-14-10-5-11(16-6-15-10)17-7-2-3-9(13)8(12)4-7/h2-6H,1H3,(H2,14,15,16,17). The van der Waals surface area contributed by atoms with Crippen molar-refractivity contribution in [1.82, 2.24) is 9.97 Å². The molecule has 0 fully saturated rings. The molecule has 0 atom stereocenters. The zero-order valence-electron chi connectivity index (χ0n) is 9.04. The van der Waals surface area contributed by atoms with Gasteiger partial charge in [-0.3, -0.25) is 0 Å². The number of halogens is 2. The van der Waals surface area contributed by atoms with Crippen molar-refractivity contribution < 1.29 is 0 Å². The summed E-state index contributed by atoms with van der Waals surface area (Å²) in [5.74, 6) is 1.48. The number of aromatic nitrogens is 2. The lowest BCUT2D eigenvalue weighted by Gasteiger charge is -2.07. The first-order chi connectivity index (χ1) is 8.19. The minimum absolute atomic E-state index is 0.675. The summed E-state index contributed by atoms with van der Waals surface area (Å²) in [7, 11) is 1.81. The molecule has 6 heteroatoms. The van der Waals surface area contributed by atoms with Gasteiger partial charge in [0.15, 0.2) is 0 Å². The van der Waals surface area contributed by atoms with E-state index in [-0.39, 0.29) is 0 Å². The quantitative estimate of drug-likeness (QED) is 0.907. The van der Waals surface area contributed by atoms with Crippen molar-refractivity contribution in [2.75, 3.05) is 17.7 Å². The van der Waals surface area contributed by atoms with Gasteiger partial charge in [0, 0.05) is 23.3 Å². The van der Waals surface area contributed by atoms with E-state index in [1.807, 2.05) is 31.3 Å². The van der Waals surface area contributed by atoms with E-state index >= 15 is 0 Å². The molecular weight excluding hydrogens is 304 g/mol. The second kappa shape index (κ2) is 5.33. The Kier molecular flexibility index (Phi) is 3.81. The Balaban J connectivity index is 2.22. The highest BCUT2D eigenvalue weighted by Crippen LogP contribution is 2.27. The molecule has 2 N–H and O–H groups in total. The van der Waals surface area contributed by atoms with E-state index in [4.69, 9.17) is 11.6 Å². The van der Waals surface area contributed by atoms with Gasteiger partial charge in [0.2, 0.25) is 0 Å². The Morgan fingerprint density at radius 1 is 1.18 bits per heavy atom. The van der Waals surface area contributed by atoms with Gasteiger partial charge in [0.25, 0.3) is 0 Å². The minimum Gasteiger partial charge on any atom is -0.373 e. The predicted molar refractivity (Wildman–Crippen MR) is 74.0 cm³/mol. The van der Waals surface area contributed by atoms with Crippen molar-refractivity contribution in [3.8, 4) is 0 Å². The lowest BCUT2D eigenvalue weighted by Crippen LogP contribution is -1.97. The summed E-state index contributed by atoms with van der Waals surface area (Å²) in [5, 5.41) is 6.79. The van der Waals surface area contributed by atoms with Crippen LogP contribution in [0.2, 0.25) is 5.02 Å². The summed E-state index contributed by atoms with van der Waals surface area (Å²) >= 11 is 9.29. The van der Waals surface area contributed by atoms with E-state index in [0.29, 0.717) is 5.02 Å². The van der Waals surface area contributed by atoms with Crippen molar-refractivity contribution >= 4 is 44.9 Å². The highest BCUT2D eigenvalue weighted by Gasteiger charge is 2.01. The molecule has 0 amide bonds. The molecule has 0 aliphatic heterocycles. The van der Waals surface area contributed by atoms with Crippen molar-refractivity contribution in [3.63, 3.8) is 0 Å². The van der Waals surface area contributed by atoms with Crippen molar-refractivity contribution in [2.24, 2.45) is 0 Å². The third kappa shape index (κ3) is 3.08. The molecule has 1 aromatic carbocycles. The number of nitrogens with one attached hydrogen (secondary N) is 2. The van der Waals surface area contributed by atoms with Crippen LogP contribution < -0.4 is 10.6 Å². The normalized spacial score (nSPS) is 10.1. The predicted octanol–water partition coefficient (Wildman–Crippen LogP) is 3.68. The van der Waals surface area contributed by atoms with Gasteiger partial charge in [-0.25, -0.2) is 9.97 Å². The third-order valence-corrected chi connectivity index (χ3v) is 3.33. The largest absolute Gasteiger partial charge is 0.373 e. The molecule has 0 saturated heterocycles. The Bertz CT molecular complexity index is 533. The lowest BCUT2D eigenvalue weighted by molar-refractivity contribution is 1.16. The van der Waals surface area contributed by atoms with Gasteiger partial charge in [-0.1, -0.05) is 11.6 Å². The first-order valence-corrected chi connectivity index (χ1v) is 6.08. The maximum Gasteiger partial charge on any atom is 0.135 e. The third-order valence-electron chi connectivity index (χ3n) is 2.12. The highest BCUT2D eigenvalue weighted by atomic mass is 79.9. The zero-order valence-corrected chi connectivity index (χ0v) is 11.4. The van der Waals surface area contributed by atoms with Crippen LogP contribution >= 0.6 is 27.5 Å². The van der Waals surface area contributed by atoms with Crippen LogP contribution in [0.4, 0.5) is 17.3 Å². The number of benzene rings is 1. The summed E-state index contributed by atoms with van der Waals surface area (Å²) < 4.78 is 0.840. The molecule has 0 unspecified atom stereocenters. The minimum atomic E-state index is 0.675. The van der Waals surface area contributed by atoms with Crippen LogP contribution in [0.3, 0.4) is 0 Å². The first-order valence-electron chi connectivity index (χ1n) is 4.91. The summed E-state index contributed by atoms with van der Waals surface area (Å²) in [5.41, 5.74) is 0.905. The van der Waals surface area contributed by atoms with Crippen LogP contribution in [-0.2, 0) is 0 Å². The molecule has 88 valence electrons. The molecule has 0 saturated carbocycles. The van der Waals surface area contributed by atoms with Crippen molar-refractivity contribution in [3.05, 3.63) is 40.1 Å². The Morgan fingerprint density at radius 2 is 1.94 bits per heavy atom. The molecule has 0 aliphatic carbocycles. The van der Waals surface area contributed by atoms with Crippen LogP contribution in [0.5, 0.6) is 0 Å². The van der Waals surface area contributed by atoms with Crippen LogP contribution in [0.15, 0.2) is 35.1 Å². The topological polar surface area (TPSA) is 49.8 Å². The lowest BCUT2D eigenvalue weighted by atomic mass is 10.3. The highest BCUT2D eigenvalue weighted by molar-refractivity contribution is 9.10. The van der Waals surface area contributed by atoms with E-state index in [1.54, 1.807) is 0 Å². The van der Waals surface area contributed by atoms with Gasteiger partial charge in [-0.05, 0) is 34.1 Å². The van der Waals surface area contributed by atoms with Crippen LogP contribution in [0.1, 0.15) is 0 Å². The molecule has 2 rings (SSSR count). The monoisotopic (exact) mass is 312 g/mol. The number of hydrogen-bond donors (Lipinski definition) is 2.